The second-order valence-corrected chi connectivity index (χ2v) is 5.10. The zero-order chi connectivity index (χ0) is 13.8. The Labute approximate surface area is 115 Å². The van der Waals surface area contributed by atoms with Crippen molar-refractivity contribution in [3.63, 3.8) is 0 Å². The Morgan fingerprint density at radius 3 is 2.68 bits per heavy atom. The minimum absolute atomic E-state index is 0.313. The lowest BCUT2D eigenvalue weighted by Gasteiger charge is -2.08. The molecule has 2 aromatic heterocycles. The van der Waals surface area contributed by atoms with Gasteiger partial charge in [0.25, 0.3) is 5.88 Å². The van der Waals surface area contributed by atoms with Gasteiger partial charge in [0.2, 0.25) is 0 Å². The van der Waals surface area contributed by atoms with Crippen LogP contribution in [-0.2, 0) is 6.42 Å². The molecular weight excluding hydrogens is 260 g/mol. The molecule has 2 rings (SSSR count). The summed E-state index contributed by atoms with van der Waals surface area (Å²) in [6.07, 6.45) is 0.760. The number of thiazole rings is 1. The zero-order valence-corrected chi connectivity index (χ0v) is 11.9. The summed E-state index contributed by atoms with van der Waals surface area (Å²) in [5.41, 5.74) is 4.89. The van der Waals surface area contributed by atoms with Crippen molar-refractivity contribution in [3.05, 3.63) is 32.9 Å². The number of hydrogen-bond acceptors (Lipinski definition) is 6. The van der Waals surface area contributed by atoms with Gasteiger partial charge in [-0.15, -0.1) is 16.4 Å². The fraction of sp³-hybridized carbons (Fsp3) is 0.385. The second-order valence-electron chi connectivity index (χ2n) is 4.16. The topological polar surface area (TPSA) is 71.7 Å². The van der Waals surface area contributed by atoms with E-state index < -0.39 is 0 Å². The third kappa shape index (κ3) is 2.88. The third-order valence-corrected chi connectivity index (χ3v) is 3.94. The molecule has 0 aliphatic heterocycles. The van der Waals surface area contributed by atoms with Crippen LogP contribution in [0.2, 0.25) is 0 Å². The van der Waals surface area contributed by atoms with E-state index in [0.717, 1.165) is 23.4 Å². The smallest absolute Gasteiger partial charge is 0.251 e. The number of ether oxygens (including phenoxy) is 1. The Hall–Kier alpha value is -2.00. The average molecular weight is 274 g/mol. The molecule has 0 bridgehead atoms. The molecule has 6 heteroatoms. The largest absolute Gasteiger partial charge is 0.475 e. The normalized spacial score (nSPS) is 10.2. The molecule has 0 aliphatic carbocycles. The SMILES string of the molecule is Cc1ncsc1CCOc1nnc(C)c(C)c1C#N. The van der Waals surface area contributed by atoms with Gasteiger partial charge in [0, 0.05) is 11.3 Å². The highest BCUT2D eigenvalue weighted by Crippen LogP contribution is 2.20. The van der Waals surface area contributed by atoms with Gasteiger partial charge < -0.3 is 4.74 Å². The summed E-state index contributed by atoms with van der Waals surface area (Å²) in [4.78, 5) is 5.37. The van der Waals surface area contributed by atoms with E-state index in [2.05, 4.69) is 21.3 Å². The van der Waals surface area contributed by atoms with Crippen molar-refractivity contribution >= 4 is 11.3 Å². The third-order valence-electron chi connectivity index (χ3n) is 2.95. The maximum Gasteiger partial charge on any atom is 0.251 e. The van der Waals surface area contributed by atoms with Crippen molar-refractivity contribution in [2.75, 3.05) is 6.61 Å². The summed E-state index contributed by atoms with van der Waals surface area (Å²) < 4.78 is 5.57. The molecule has 0 saturated heterocycles. The van der Waals surface area contributed by atoms with Crippen molar-refractivity contribution < 1.29 is 4.74 Å². The zero-order valence-electron chi connectivity index (χ0n) is 11.1. The van der Waals surface area contributed by atoms with Crippen LogP contribution in [0.5, 0.6) is 5.88 Å². The van der Waals surface area contributed by atoms with Crippen LogP contribution in [0.1, 0.15) is 27.4 Å². The number of aromatic nitrogens is 3. The van der Waals surface area contributed by atoms with Crippen LogP contribution in [0.25, 0.3) is 0 Å². The molecule has 98 valence electrons. The van der Waals surface area contributed by atoms with Gasteiger partial charge in [0.1, 0.15) is 11.6 Å². The molecule has 0 radical (unpaired) electrons. The van der Waals surface area contributed by atoms with E-state index in [0.29, 0.717) is 18.1 Å². The van der Waals surface area contributed by atoms with Crippen LogP contribution < -0.4 is 4.74 Å². The molecule has 0 saturated carbocycles. The quantitative estimate of drug-likeness (QED) is 0.855. The van der Waals surface area contributed by atoms with Gasteiger partial charge in [-0.25, -0.2) is 4.98 Å². The van der Waals surface area contributed by atoms with Gasteiger partial charge in [0.15, 0.2) is 0 Å². The molecule has 19 heavy (non-hydrogen) atoms. The molecule has 0 amide bonds. The van der Waals surface area contributed by atoms with Gasteiger partial charge in [-0.3, -0.25) is 0 Å². The monoisotopic (exact) mass is 274 g/mol. The molecule has 2 heterocycles. The van der Waals surface area contributed by atoms with E-state index in [1.54, 1.807) is 11.3 Å². The van der Waals surface area contributed by atoms with Crippen LogP contribution in [0.4, 0.5) is 0 Å². The molecule has 0 atom stereocenters. The molecule has 0 N–H and O–H groups in total. The summed E-state index contributed by atoms with van der Waals surface area (Å²) >= 11 is 1.61. The van der Waals surface area contributed by atoms with Crippen LogP contribution in [0.3, 0.4) is 0 Å². The minimum atomic E-state index is 0.313. The van der Waals surface area contributed by atoms with Crippen LogP contribution in [-0.4, -0.2) is 21.8 Å². The van der Waals surface area contributed by atoms with E-state index in [9.17, 15) is 0 Å². The lowest BCUT2D eigenvalue weighted by molar-refractivity contribution is 0.304. The Morgan fingerprint density at radius 1 is 1.26 bits per heavy atom. The number of rotatable bonds is 4. The molecule has 5 nitrogen and oxygen atoms in total. The first-order valence-electron chi connectivity index (χ1n) is 5.89. The fourth-order valence-corrected chi connectivity index (χ4v) is 2.39. The fourth-order valence-electron chi connectivity index (χ4n) is 1.63. The average Bonchev–Trinajstić information content (AvgIpc) is 2.80. The summed E-state index contributed by atoms with van der Waals surface area (Å²) in [5.74, 6) is 0.313. The van der Waals surface area contributed by atoms with Crippen LogP contribution in [0.15, 0.2) is 5.51 Å². The first kappa shape index (κ1) is 13.4. The molecule has 0 aliphatic rings. The molecule has 0 aromatic carbocycles. The number of hydrogen-bond donors (Lipinski definition) is 0. The highest BCUT2D eigenvalue weighted by Gasteiger charge is 2.12. The van der Waals surface area contributed by atoms with Crippen molar-refractivity contribution in [2.24, 2.45) is 0 Å². The summed E-state index contributed by atoms with van der Waals surface area (Å²) in [6, 6.07) is 2.12. The predicted molar refractivity (Wildman–Crippen MR) is 72.3 cm³/mol. The summed E-state index contributed by atoms with van der Waals surface area (Å²) in [7, 11) is 0. The van der Waals surface area contributed by atoms with Gasteiger partial charge in [-0.1, -0.05) is 0 Å². The second kappa shape index (κ2) is 5.76. The Bertz CT molecular complexity index is 630. The molecule has 0 unspecified atom stereocenters. The van der Waals surface area contributed by atoms with E-state index in [1.165, 1.54) is 4.88 Å². The van der Waals surface area contributed by atoms with Crippen LogP contribution >= 0.6 is 11.3 Å². The van der Waals surface area contributed by atoms with E-state index in [1.807, 2.05) is 26.3 Å². The maximum atomic E-state index is 9.15. The molecular formula is C13H14N4OS. The Morgan fingerprint density at radius 2 is 2.05 bits per heavy atom. The lowest BCUT2D eigenvalue weighted by atomic mass is 10.1. The maximum absolute atomic E-state index is 9.15. The molecule has 2 aromatic rings. The van der Waals surface area contributed by atoms with E-state index in [4.69, 9.17) is 10.00 Å². The highest BCUT2D eigenvalue weighted by atomic mass is 32.1. The molecule has 0 spiro atoms. The minimum Gasteiger partial charge on any atom is -0.475 e. The summed E-state index contributed by atoms with van der Waals surface area (Å²) in [6.45, 7) is 6.12. The van der Waals surface area contributed by atoms with Gasteiger partial charge in [0.05, 0.1) is 23.5 Å². The van der Waals surface area contributed by atoms with Crippen LogP contribution in [0, 0.1) is 32.1 Å². The van der Waals surface area contributed by atoms with Crippen molar-refractivity contribution in [2.45, 2.75) is 27.2 Å². The first-order valence-corrected chi connectivity index (χ1v) is 6.77. The first-order chi connectivity index (χ1) is 9.13. The van der Waals surface area contributed by atoms with E-state index >= 15 is 0 Å². The Kier molecular flexibility index (Phi) is 4.07. The van der Waals surface area contributed by atoms with Crippen molar-refractivity contribution in [1.29, 1.82) is 5.26 Å². The number of nitrogens with zero attached hydrogens (tertiary/aromatic N) is 4. The predicted octanol–water partition coefficient (Wildman–Crippen LogP) is 2.35. The van der Waals surface area contributed by atoms with Gasteiger partial charge >= 0.3 is 0 Å². The lowest BCUT2D eigenvalue weighted by Crippen LogP contribution is -2.07. The highest BCUT2D eigenvalue weighted by molar-refractivity contribution is 7.09. The summed E-state index contributed by atoms with van der Waals surface area (Å²) in [5, 5.41) is 17.1. The van der Waals surface area contributed by atoms with E-state index in [-0.39, 0.29) is 0 Å². The number of nitriles is 1. The van der Waals surface area contributed by atoms with Gasteiger partial charge in [-0.05, 0) is 26.3 Å². The van der Waals surface area contributed by atoms with Gasteiger partial charge in [-0.2, -0.15) is 10.4 Å². The molecule has 0 fully saturated rings. The number of aryl methyl sites for hydroxylation is 2. The van der Waals surface area contributed by atoms with Crippen molar-refractivity contribution in [1.82, 2.24) is 15.2 Å². The van der Waals surface area contributed by atoms with Crippen molar-refractivity contribution in [3.8, 4) is 11.9 Å². The Balaban J connectivity index is 2.07. The standard InChI is InChI=1S/C13H14N4OS/c1-8-9(2)16-17-13(11(8)6-14)18-5-4-12-10(3)15-7-19-12/h7H,4-5H2,1-3H3.